The van der Waals surface area contributed by atoms with Crippen molar-refractivity contribution in [2.75, 3.05) is 6.54 Å². The third-order valence-electron chi connectivity index (χ3n) is 5.36. The van der Waals surface area contributed by atoms with Crippen molar-refractivity contribution >= 4 is 23.2 Å². The molecule has 1 aliphatic heterocycles. The SMILES string of the molecule is CC(C)(C)C1CCc2sc(C(=O)N3C[C@H](F)C[C@H]3C(N)=O)cc2C1. The Labute approximate surface area is 146 Å². The Kier molecular flexibility index (Phi) is 4.45. The average Bonchev–Trinajstić information content (AvgIpc) is 3.08. The molecule has 0 saturated carbocycles. The Morgan fingerprint density at radius 2 is 2.08 bits per heavy atom. The van der Waals surface area contributed by atoms with Crippen molar-refractivity contribution in [3.05, 3.63) is 21.4 Å². The highest BCUT2D eigenvalue weighted by Gasteiger charge is 2.40. The number of amides is 2. The third-order valence-corrected chi connectivity index (χ3v) is 6.58. The van der Waals surface area contributed by atoms with Crippen LogP contribution in [-0.4, -0.2) is 35.5 Å². The summed E-state index contributed by atoms with van der Waals surface area (Å²) in [6.07, 6.45) is 1.93. The molecule has 3 atom stereocenters. The summed E-state index contributed by atoms with van der Waals surface area (Å²) in [6.45, 7) is 6.72. The van der Waals surface area contributed by atoms with E-state index in [9.17, 15) is 14.0 Å². The monoisotopic (exact) mass is 352 g/mol. The molecule has 24 heavy (non-hydrogen) atoms. The lowest BCUT2D eigenvalue weighted by Gasteiger charge is -2.33. The maximum atomic E-state index is 13.7. The molecule has 1 unspecified atom stereocenters. The fourth-order valence-corrected chi connectivity index (χ4v) is 4.95. The molecule has 2 N–H and O–H groups in total. The van der Waals surface area contributed by atoms with E-state index >= 15 is 0 Å². The van der Waals surface area contributed by atoms with E-state index in [-0.39, 0.29) is 24.3 Å². The van der Waals surface area contributed by atoms with Gasteiger partial charge in [-0.3, -0.25) is 9.59 Å². The van der Waals surface area contributed by atoms with Gasteiger partial charge >= 0.3 is 0 Å². The summed E-state index contributed by atoms with van der Waals surface area (Å²) < 4.78 is 13.7. The molecule has 0 aromatic carbocycles. The summed E-state index contributed by atoms with van der Waals surface area (Å²) >= 11 is 1.49. The number of carbonyl (C=O) groups is 2. The van der Waals surface area contributed by atoms with E-state index in [2.05, 4.69) is 20.8 Å². The minimum Gasteiger partial charge on any atom is -0.368 e. The van der Waals surface area contributed by atoms with Gasteiger partial charge in [-0.15, -0.1) is 11.3 Å². The van der Waals surface area contributed by atoms with Crippen LogP contribution in [0, 0.1) is 11.3 Å². The molecule has 1 aromatic heterocycles. The Morgan fingerprint density at radius 1 is 1.38 bits per heavy atom. The van der Waals surface area contributed by atoms with Gasteiger partial charge in [0.05, 0.1) is 11.4 Å². The van der Waals surface area contributed by atoms with Crippen LogP contribution in [0.15, 0.2) is 6.07 Å². The number of nitrogens with two attached hydrogens (primary N) is 1. The maximum absolute atomic E-state index is 13.7. The first-order valence-electron chi connectivity index (χ1n) is 8.52. The quantitative estimate of drug-likeness (QED) is 0.889. The molecule has 4 nitrogen and oxygen atoms in total. The summed E-state index contributed by atoms with van der Waals surface area (Å²) in [5.41, 5.74) is 6.82. The van der Waals surface area contributed by atoms with Crippen molar-refractivity contribution in [1.82, 2.24) is 4.90 Å². The van der Waals surface area contributed by atoms with E-state index < -0.39 is 18.1 Å². The summed E-state index contributed by atoms with van der Waals surface area (Å²) in [6, 6.07) is 1.12. The smallest absolute Gasteiger partial charge is 0.264 e. The van der Waals surface area contributed by atoms with E-state index in [4.69, 9.17) is 5.73 Å². The van der Waals surface area contributed by atoms with Crippen molar-refractivity contribution in [3.8, 4) is 0 Å². The highest BCUT2D eigenvalue weighted by molar-refractivity contribution is 7.14. The number of alkyl halides is 1. The van der Waals surface area contributed by atoms with Gasteiger partial charge in [-0.05, 0) is 42.2 Å². The normalized spacial score (nSPS) is 27.2. The molecule has 0 radical (unpaired) electrons. The van der Waals surface area contributed by atoms with Crippen LogP contribution in [0.3, 0.4) is 0 Å². The van der Waals surface area contributed by atoms with Crippen molar-refractivity contribution in [2.45, 2.75) is 58.7 Å². The maximum Gasteiger partial charge on any atom is 0.264 e. The summed E-state index contributed by atoms with van der Waals surface area (Å²) in [5, 5.41) is 0. The number of likely N-dealkylation sites (tertiary alicyclic amines) is 1. The van der Waals surface area contributed by atoms with Crippen LogP contribution in [-0.2, 0) is 17.6 Å². The lowest BCUT2D eigenvalue weighted by Crippen LogP contribution is -2.43. The molecule has 0 bridgehead atoms. The Hall–Kier alpha value is -1.43. The Bertz CT molecular complexity index is 664. The van der Waals surface area contributed by atoms with Gasteiger partial charge in [-0.2, -0.15) is 0 Å². The van der Waals surface area contributed by atoms with Crippen LogP contribution in [0.1, 0.15) is 53.7 Å². The number of fused-ring (bicyclic) bond motifs is 1. The number of hydrogen-bond acceptors (Lipinski definition) is 3. The zero-order valence-electron chi connectivity index (χ0n) is 14.5. The van der Waals surface area contributed by atoms with Gasteiger partial charge in [0.25, 0.3) is 5.91 Å². The van der Waals surface area contributed by atoms with Gasteiger partial charge in [0, 0.05) is 11.3 Å². The van der Waals surface area contributed by atoms with Gasteiger partial charge < -0.3 is 10.6 Å². The van der Waals surface area contributed by atoms with Crippen LogP contribution in [0.25, 0.3) is 0 Å². The highest BCUT2D eigenvalue weighted by Crippen LogP contribution is 2.40. The van der Waals surface area contributed by atoms with E-state index in [1.807, 2.05) is 6.07 Å². The molecule has 1 fully saturated rings. The second kappa shape index (κ2) is 6.14. The van der Waals surface area contributed by atoms with Crippen molar-refractivity contribution < 1.29 is 14.0 Å². The van der Waals surface area contributed by atoms with Gasteiger partial charge in [0.15, 0.2) is 0 Å². The summed E-state index contributed by atoms with van der Waals surface area (Å²) in [7, 11) is 0. The molecule has 2 heterocycles. The van der Waals surface area contributed by atoms with E-state index in [0.29, 0.717) is 10.8 Å². The molecule has 0 spiro atoms. The number of aryl methyl sites for hydroxylation is 1. The Balaban J connectivity index is 1.81. The first kappa shape index (κ1) is 17.4. The topological polar surface area (TPSA) is 63.4 Å². The predicted octanol–water partition coefficient (Wildman–Crippen LogP) is 2.94. The third kappa shape index (κ3) is 3.21. The Morgan fingerprint density at radius 3 is 2.71 bits per heavy atom. The van der Waals surface area contributed by atoms with Crippen LogP contribution < -0.4 is 5.73 Å². The first-order chi connectivity index (χ1) is 11.2. The minimum atomic E-state index is -1.17. The molecule has 1 aromatic rings. The predicted molar refractivity (Wildman–Crippen MR) is 92.8 cm³/mol. The number of thiophene rings is 1. The second-order valence-electron chi connectivity index (χ2n) is 8.07. The standard InChI is InChI=1S/C18H25FN2O2S/c1-18(2,3)11-4-5-14-10(6-11)7-15(24-14)17(23)21-9-12(19)8-13(21)16(20)22/h7,11-13H,4-6,8-9H2,1-3H3,(H2,20,22)/t11?,12-,13+/m1/s1. The number of rotatable bonds is 2. The molecular formula is C18H25FN2O2S. The fraction of sp³-hybridized carbons (Fsp3) is 0.667. The van der Waals surface area contributed by atoms with E-state index in [1.54, 1.807) is 0 Å². The second-order valence-corrected chi connectivity index (χ2v) is 9.21. The molecular weight excluding hydrogens is 327 g/mol. The van der Waals surface area contributed by atoms with Crippen LogP contribution >= 0.6 is 11.3 Å². The molecule has 2 amide bonds. The number of carbonyl (C=O) groups excluding carboxylic acids is 2. The number of hydrogen-bond donors (Lipinski definition) is 1. The lowest BCUT2D eigenvalue weighted by atomic mass is 9.72. The molecule has 1 saturated heterocycles. The fourth-order valence-electron chi connectivity index (χ4n) is 3.79. The van der Waals surface area contributed by atoms with Crippen molar-refractivity contribution in [2.24, 2.45) is 17.1 Å². The molecule has 2 aliphatic rings. The molecule has 6 heteroatoms. The van der Waals surface area contributed by atoms with Gasteiger partial charge in [0.1, 0.15) is 12.2 Å². The molecule has 3 rings (SSSR count). The van der Waals surface area contributed by atoms with Crippen LogP contribution in [0.2, 0.25) is 0 Å². The summed E-state index contributed by atoms with van der Waals surface area (Å²) in [5.74, 6) is -0.286. The average molecular weight is 352 g/mol. The zero-order chi connectivity index (χ0) is 17.6. The van der Waals surface area contributed by atoms with Gasteiger partial charge in [0.2, 0.25) is 5.91 Å². The minimum absolute atomic E-state index is 0.0122. The largest absolute Gasteiger partial charge is 0.368 e. The molecule has 1 aliphatic carbocycles. The van der Waals surface area contributed by atoms with Gasteiger partial charge in [-0.1, -0.05) is 20.8 Å². The van der Waals surface area contributed by atoms with E-state index in [0.717, 1.165) is 19.3 Å². The lowest BCUT2D eigenvalue weighted by molar-refractivity contribution is -0.121. The number of nitrogens with zero attached hydrogens (tertiary/aromatic N) is 1. The van der Waals surface area contributed by atoms with Gasteiger partial charge in [-0.25, -0.2) is 4.39 Å². The zero-order valence-corrected chi connectivity index (χ0v) is 15.3. The summed E-state index contributed by atoms with van der Waals surface area (Å²) in [4.78, 5) is 27.4. The molecule has 132 valence electrons. The van der Waals surface area contributed by atoms with Crippen LogP contribution in [0.5, 0.6) is 0 Å². The highest BCUT2D eigenvalue weighted by atomic mass is 32.1. The number of halogens is 1. The van der Waals surface area contributed by atoms with Crippen molar-refractivity contribution in [3.63, 3.8) is 0 Å². The number of primary amides is 1. The van der Waals surface area contributed by atoms with Crippen molar-refractivity contribution in [1.29, 1.82) is 0 Å². The van der Waals surface area contributed by atoms with Crippen LogP contribution in [0.4, 0.5) is 4.39 Å². The first-order valence-corrected chi connectivity index (χ1v) is 9.34. The van der Waals surface area contributed by atoms with E-state index in [1.165, 1.54) is 26.7 Å².